The minimum absolute atomic E-state index is 0.0115. The van der Waals surface area contributed by atoms with Gasteiger partial charge in [0.15, 0.2) is 11.6 Å². The summed E-state index contributed by atoms with van der Waals surface area (Å²) in [7, 11) is 0. The van der Waals surface area contributed by atoms with Gasteiger partial charge in [-0.25, -0.2) is 13.2 Å². The lowest BCUT2D eigenvalue weighted by molar-refractivity contribution is -0.126. The number of alkyl halides is 1. The number of nitrogen functional groups attached to an aromatic ring is 1. The average molecular weight is 724 g/mol. The molecule has 15 heteroatoms. The lowest BCUT2D eigenvalue weighted by Crippen LogP contribution is -2.46. The molecule has 8 rings (SSSR count). The van der Waals surface area contributed by atoms with Gasteiger partial charge in [0.1, 0.15) is 47.6 Å². The predicted octanol–water partition coefficient (Wildman–Crippen LogP) is 6.23. The summed E-state index contributed by atoms with van der Waals surface area (Å²) in [5, 5.41) is 10.3. The number of aromatic nitrogens is 2. The molecular formula is C35H33ClF3N7O3S. The van der Waals surface area contributed by atoms with Gasteiger partial charge in [-0.3, -0.25) is 9.69 Å². The Hall–Kier alpha value is -4.32. The Labute approximate surface area is 294 Å². The van der Waals surface area contributed by atoms with E-state index in [-0.39, 0.29) is 90.7 Å². The Morgan fingerprint density at radius 3 is 2.90 bits per heavy atom. The number of hydrogen-bond acceptors (Lipinski definition) is 10. The fourth-order valence-corrected chi connectivity index (χ4v) is 9.76. The molecule has 0 unspecified atom stereocenters. The van der Waals surface area contributed by atoms with E-state index in [0.717, 1.165) is 30.7 Å². The number of amides is 1. The van der Waals surface area contributed by atoms with Crippen molar-refractivity contribution in [2.24, 2.45) is 0 Å². The first kappa shape index (κ1) is 32.9. The second-order valence-electron chi connectivity index (χ2n) is 13.4. The number of rotatable bonds is 6. The van der Waals surface area contributed by atoms with Crippen LogP contribution in [0, 0.1) is 23.0 Å². The molecule has 0 saturated carbocycles. The summed E-state index contributed by atoms with van der Waals surface area (Å²) in [6.07, 6.45) is 2.91. The number of hydrogen-bond donors (Lipinski definition) is 1. The zero-order chi connectivity index (χ0) is 35.1. The topological polar surface area (TPSA) is 121 Å². The maximum atomic E-state index is 17.3. The number of ether oxygens (including phenoxy) is 2. The highest BCUT2D eigenvalue weighted by molar-refractivity contribution is 7.23. The molecule has 0 bridgehead atoms. The highest BCUT2D eigenvalue weighted by Gasteiger charge is 2.49. The maximum absolute atomic E-state index is 17.3. The minimum atomic E-state index is -0.972. The van der Waals surface area contributed by atoms with E-state index in [1.54, 1.807) is 4.90 Å². The molecule has 0 radical (unpaired) electrons. The van der Waals surface area contributed by atoms with Crippen LogP contribution in [0.5, 0.6) is 11.8 Å². The van der Waals surface area contributed by atoms with Crippen LogP contribution in [0.4, 0.5) is 24.0 Å². The van der Waals surface area contributed by atoms with Crippen LogP contribution >= 0.6 is 22.9 Å². The summed E-state index contributed by atoms with van der Waals surface area (Å²) in [5.74, 6) is -1.19. The Bertz CT molecular complexity index is 2140. The van der Waals surface area contributed by atoms with Crippen molar-refractivity contribution in [2.75, 3.05) is 50.0 Å². The third kappa shape index (κ3) is 4.88. The van der Waals surface area contributed by atoms with Crippen LogP contribution in [0.3, 0.4) is 0 Å². The SMILES string of the molecule is C=CC(=O)N1CC[C@@H](N2CCOc3c(Cl)c(-c4ccc(F)c5sc(N)c(C#N)c45)c(F)c4nc(OC[C@@]56CCCN5C[C@H](F)C6)nc2c34)[C@H]1C. The number of carbonyl (C=O) groups excluding carboxylic acids is 1. The van der Waals surface area contributed by atoms with Crippen LogP contribution in [0.1, 0.15) is 38.2 Å². The van der Waals surface area contributed by atoms with Crippen LogP contribution in [0.15, 0.2) is 24.8 Å². The molecule has 4 aliphatic rings. The van der Waals surface area contributed by atoms with E-state index in [4.69, 9.17) is 31.8 Å². The van der Waals surface area contributed by atoms with Crippen molar-refractivity contribution in [2.45, 2.75) is 56.4 Å². The number of nitriles is 1. The van der Waals surface area contributed by atoms with Gasteiger partial charge >= 0.3 is 6.01 Å². The number of nitrogens with two attached hydrogens (primary N) is 1. The van der Waals surface area contributed by atoms with Crippen LogP contribution in [0.2, 0.25) is 5.02 Å². The normalized spacial score (nSPS) is 24.8. The number of thiophene rings is 1. The summed E-state index contributed by atoms with van der Waals surface area (Å²) in [4.78, 5) is 28.0. The number of carbonyl (C=O) groups is 1. The van der Waals surface area contributed by atoms with Crippen LogP contribution in [-0.2, 0) is 4.79 Å². The first-order valence-corrected chi connectivity index (χ1v) is 17.7. The molecule has 2 aromatic carbocycles. The first-order valence-electron chi connectivity index (χ1n) is 16.5. The van der Waals surface area contributed by atoms with Gasteiger partial charge in [0.25, 0.3) is 0 Å². The number of fused-ring (bicyclic) bond motifs is 2. The Morgan fingerprint density at radius 1 is 1.30 bits per heavy atom. The van der Waals surface area contributed by atoms with Gasteiger partial charge in [-0.15, -0.1) is 11.3 Å². The molecule has 260 valence electrons. The van der Waals surface area contributed by atoms with Crippen molar-refractivity contribution in [3.63, 3.8) is 0 Å². The van der Waals surface area contributed by atoms with Gasteiger partial charge in [-0.2, -0.15) is 15.2 Å². The second-order valence-corrected chi connectivity index (χ2v) is 14.8. The number of likely N-dealkylation sites (tertiary alicyclic amines) is 1. The van der Waals surface area contributed by atoms with Crippen molar-refractivity contribution in [3.8, 4) is 29.0 Å². The van der Waals surface area contributed by atoms with E-state index in [1.807, 2.05) is 17.9 Å². The Morgan fingerprint density at radius 2 is 2.12 bits per heavy atom. The number of halogens is 4. The van der Waals surface area contributed by atoms with E-state index in [2.05, 4.69) is 16.5 Å². The lowest BCUT2D eigenvalue weighted by atomic mass is 9.95. The zero-order valence-electron chi connectivity index (χ0n) is 27.1. The molecule has 6 heterocycles. The third-order valence-corrected chi connectivity index (χ3v) is 12.2. The summed E-state index contributed by atoms with van der Waals surface area (Å²) >= 11 is 7.94. The third-order valence-electron chi connectivity index (χ3n) is 10.8. The van der Waals surface area contributed by atoms with Gasteiger partial charge in [0.05, 0.1) is 38.8 Å². The summed E-state index contributed by atoms with van der Waals surface area (Å²) in [6, 6.07) is 3.99. The smallest absolute Gasteiger partial charge is 0.319 e. The summed E-state index contributed by atoms with van der Waals surface area (Å²) < 4.78 is 59.6. The largest absolute Gasteiger partial charge is 0.489 e. The molecule has 2 N–H and O–H groups in total. The monoisotopic (exact) mass is 723 g/mol. The summed E-state index contributed by atoms with van der Waals surface area (Å²) in [5.41, 5.74) is 5.48. The number of nitrogens with zero attached hydrogens (tertiary/aromatic N) is 6. The van der Waals surface area contributed by atoms with Crippen LogP contribution in [0.25, 0.3) is 32.1 Å². The van der Waals surface area contributed by atoms with Crippen molar-refractivity contribution in [1.82, 2.24) is 19.8 Å². The molecule has 0 aliphatic carbocycles. The van der Waals surface area contributed by atoms with Gasteiger partial charge in [-0.1, -0.05) is 24.2 Å². The van der Waals surface area contributed by atoms with Gasteiger partial charge in [0.2, 0.25) is 5.91 Å². The van der Waals surface area contributed by atoms with Crippen molar-refractivity contribution >= 4 is 60.7 Å². The second kappa shape index (κ2) is 12.2. The molecule has 4 aliphatic heterocycles. The fourth-order valence-electron chi connectivity index (χ4n) is 8.48. The molecule has 2 aromatic heterocycles. The first-order chi connectivity index (χ1) is 24.1. The van der Waals surface area contributed by atoms with Crippen molar-refractivity contribution in [1.29, 1.82) is 5.26 Å². The molecular weight excluding hydrogens is 691 g/mol. The highest BCUT2D eigenvalue weighted by Crippen LogP contribution is 2.51. The van der Waals surface area contributed by atoms with Crippen LogP contribution < -0.4 is 20.1 Å². The van der Waals surface area contributed by atoms with E-state index >= 15 is 8.78 Å². The van der Waals surface area contributed by atoms with E-state index in [0.29, 0.717) is 38.3 Å². The number of anilines is 2. The maximum Gasteiger partial charge on any atom is 0.319 e. The van der Waals surface area contributed by atoms with E-state index in [1.165, 1.54) is 18.2 Å². The molecule has 4 aromatic rings. The Balaban J connectivity index is 1.33. The van der Waals surface area contributed by atoms with Gasteiger partial charge in [0, 0.05) is 36.5 Å². The molecule has 50 heavy (non-hydrogen) atoms. The predicted molar refractivity (Wildman–Crippen MR) is 186 cm³/mol. The molecule has 4 atom stereocenters. The molecule has 1 amide bonds. The molecule has 3 saturated heterocycles. The zero-order valence-corrected chi connectivity index (χ0v) is 28.7. The standard InChI is InChI=1S/C35H33ClF3N7O3S/c1-3-23(47)45-10-7-22(17(45)2)46-11-12-48-30-26-29(42-34(43-33(26)46)49-16-35-8-4-9-44(35)15-18(37)13-35)28(39)25(27(30)36)19-5-6-21(38)31-24(19)20(14-40)32(41)50-31/h3,5-6,17-18,22H,1,4,7-13,15-16,41H2,2H3/t17-,18-,22-,35+/m1/s1. The van der Waals surface area contributed by atoms with Crippen molar-refractivity contribution < 1.29 is 27.4 Å². The lowest BCUT2D eigenvalue weighted by Gasteiger charge is -2.34. The molecule has 10 nitrogen and oxygen atoms in total. The summed E-state index contributed by atoms with van der Waals surface area (Å²) in [6.45, 7) is 7.74. The van der Waals surface area contributed by atoms with E-state index < -0.39 is 23.3 Å². The fraction of sp³-hybridized carbons (Fsp3) is 0.429. The quantitative estimate of drug-likeness (QED) is 0.231. The minimum Gasteiger partial charge on any atom is -0.489 e. The average Bonchev–Trinajstić information content (AvgIpc) is 3.81. The molecule has 3 fully saturated rings. The number of benzene rings is 2. The van der Waals surface area contributed by atoms with Gasteiger partial charge < -0.3 is 25.0 Å². The van der Waals surface area contributed by atoms with Crippen molar-refractivity contribution in [3.05, 3.63) is 47.0 Å². The molecule has 0 spiro atoms. The van der Waals surface area contributed by atoms with E-state index in [9.17, 15) is 14.4 Å². The Kier molecular flexibility index (Phi) is 8.00. The van der Waals surface area contributed by atoms with Gasteiger partial charge in [-0.05, 0) is 50.4 Å². The van der Waals surface area contributed by atoms with Crippen LogP contribution in [-0.4, -0.2) is 88.9 Å². The highest BCUT2D eigenvalue weighted by atomic mass is 35.5.